The first-order chi connectivity index (χ1) is 13.5. The predicted molar refractivity (Wildman–Crippen MR) is 101 cm³/mol. The summed E-state index contributed by atoms with van der Waals surface area (Å²) < 4.78 is 16.2. The molecule has 0 aliphatic carbocycles. The zero-order valence-corrected chi connectivity index (χ0v) is 16.0. The number of hydrogen-bond acceptors (Lipinski definition) is 6. The van der Waals surface area contributed by atoms with Crippen LogP contribution in [0.15, 0.2) is 48.5 Å². The van der Waals surface area contributed by atoms with Crippen LogP contribution in [0, 0.1) is 11.3 Å². The Morgan fingerprint density at radius 3 is 2.07 bits per heavy atom. The van der Waals surface area contributed by atoms with Gasteiger partial charge in [-0.1, -0.05) is 23.2 Å². The van der Waals surface area contributed by atoms with Crippen LogP contribution in [-0.4, -0.2) is 36.9 Å². The monoisotopic (exact) mass is 419 g/mol. The molecule has 1 aliphatic heterocycles. The fourth-order valence-corrected chi connectivity index (χ4v) is 2.94. The van der Waals surface area contributed by atoms with Crippen LogP contribution >= 0.6 is 23.2 Å². The highest BCUT2D eigenvalue weighted by Crippen LogP contribution is 2.25. The minimum atomic E-state index is -0.748. The van der Waals surface area contributed by atoms with E-state index >= 15 is 0 Å². The molecule has 0 aromatic heterocycles. The molecule has 2 aromatic rings. The summed E-state index contributed by atoms with van der Waals surface area (Å²) in [4.78, 5) is 24.5. The number of rotatable bonds is 5. The third kappa shape index (κ3) is 5.02. The normalized spacial score (nSPS) is 21.0. The van der Waals surface area contributed by atoms with E-state index in [0.29, 0.717) is 21.2 Å². The van der Waals surface area contributed by atoms with Crippen molar-refractivity contribution in [2.75, 3.05) is 6.61 Å². The molecule has 3 rings (SSSR count). The van der Waals surface area contributed by atoms with Crippen molar-refractivity contribution >= 4 is 35.1 Å². The quantitative estimate of drug-likeness (QED) is 0.679. The van der Waals surface area contributed by atoms with Gasteiger partial charge in [0.15, 0.2) is 0 Å². The van der Waals surface area contributed by atoms with Gasteiger partial charge in [0.2, 0.25) is 0 Å². The fraction of sp³-hybridized carbons (Fsp3) is 0.250. The molecule has 1 saturated heterocycles. The number of nitrogens with zero attached hydrogens (tertiary/aromatic N) is 1. The van der Waals surface area contributed by atoms with Gasteiger partial charge in [0.05, 0.1) is 17.2 Å². The molecule has 0 bridgehead atoms. The Morgan fingerprint density at radius 2 is 1.54 bits per heavy atom. The Labute approximate surface area is 171 Å². The van der Waals surface area contributed by atoms with Crippen LogP contribution < -0.4 is 0 Å². The van der Waals surface area contributed by atoms with Gasteiger partial charge in [0, 0.05) is 16.5 Å². The van der Waals surface area contributed by atoms with Crippen molar-refractivity contribution in [1.29, 1.82) is 5.26 Å². The van der Waals surface area contributed by atoms with E-state index in [1.165, 1.54) is 24.3 Å². The number of carbonyl (C=O) groups excluding carboxylic acids is 2. The van der Waals surface area contributed by atoms with E-state index < -0.39 is 30.3 Å². The summed E-state index contributed by atoms with van der Waals surface area (Å²) in [7, 11) is 0. The minimum Gasteiger partial charge on any atom is -0.459 e. The molecule has 3 atom stereocenters. The van der Waals surface area contributed by atoms with Crippen molar-refractivity contribution in [3.8, 4) is 6.07 Å². The summed E-state index contributed by atoms with van der Waals surface area (Å²) in [5.41, 5.74) is 0.649. The van der Waals surface area contributed by atoms with E-state index in [2.05, 4.69) is 0 Å². The average molecular weight is 420 g/mol. The zero-order valence-electron chi connectivity index (χ0n) is 14.5. The molecule has 0 amide bonds. The Balaban J connectivity index is 1.62. The largest absolute Gasteiger partial charge is 0.459 e. The second kappa shape index (κ2) is 9.07. The van der Waals surface area contributed by atoms with Crippen LogP contribution in [0.25, 0.3) is 0 Å². The van der Waals surface area contributed by atoms with Gasteiger partial charge in [0.1, 0.15) is 24.9 Å². The molecule has 1 heterocycles. The Morgan fingerprint density at radius 1 is 1.00 bits per heavy atom. The van der Waals surface area contributed by atoms with E-state index in [0.717, 1.165) is 0 Å². The first kappa shape index (κ1) is 20.2. The minimum absolute atomic E-state index is 0.155. The number of halogens is 2. The van der Waals surface area contributed by atoms with Crippen molar-refractivity contribution in [3.63, 3.8) is 0 Å². The SMILES string of the molecule is N#CC1CC(OC(=O)c2ccc(Cl)cc2)C(COC(=O)c2ccc(Cl)cc2)O1. The average Bonchev–Trinajstić information content (AvgIpc) is 3.09. The van der Waals surface area contributed by atoms with Crippen LogP contribution in [0.2, 0.25) is 10.0 Å². The number of ether oxygens (including phenoxy) is 3. The van der Waals surface area contributed by atoms with E-state index in [9.17, 15) is 9.59 Å². The summed E-state index contributed by atoms with van der Waals surface area (Å²) in [6.07, 6.45) is -2.01. The molecule has 144 valence electrons. The highest BCUT2D eigenvalue weighted by molar-refractivity contribution is 6.30. The highest BCUT2D eigenvalue weighted by atomic mass is 35.5. The van der Waals surface area contributed by atoms with Crippen LogP contribution in [0.4, 0.5) is 0 Å². The molecular weight excluding hydrogens is 405 g/mol. The second-order valence-corrected chi connectivity index (χ2v) is 6.96. The molecule has 0 radical (unpaired) electrons. The molecule has 3 unspecified atom stereocenters. The Bertz CT molecular complexity index is 892. The van der Waals surface area contributed by atoms with Crippen LogP contribution in [0.5, 0.6) is 0 Å². The lowest BCUT2D eigenvalue weighted by Gasteiger charge is -2.19. The van der Waals surface area contributed by atoms with Gasteiger partial charge in [-0.25, -0.2) is 9.59 Å². The first-order valence-corrected chi connectivity index (χ1v) is 9.16. The fourth-order valence-electron chi connectivity index (χ4n) is 2.69. The lowest BCUT2D eigenvalue weighted by Crippen LogP contribution is -2.32. The maximum Gasteiger partial charge on any atom is 0.338 e. The number of nitriles is 1. The van der Waals surface area contributed by atoms with Crippen molar-refractivity contribution in [2.24, 2.45) is 0 Å². The molecule has 1 fully saturated rings. The molecular formula is C20H15Cl2NO5. The predicted octanol–water partition coefficient (Wildman–Crippen LogP) is 4.06. The zero-order chi connectivity index (χ0) is 20.1. The van der Waals surface area contributed by atoms with Crippen LogP contribution in [0.1, 0.15) is 27.1 Å². The number of carbonyl (C=O) groups is 2. The maximum atomic E-state index is 12.3. The molecule has 28 heavy (non-hydrogen) atoms. The van der Waals surface area contributed by atoms with Crippen LogP contribution in [-0.2, 0) is 14.2 Å². The van der Waals surface area contributed by atoms with E-state index in [-0.39, 0.29) is 13.0 Å². The van der Waals surface area contributed by atoms with Crippen molar-refractivity contribution < 1.29 is 23.8 Å². The Hall–Kier alpha value is -2.59. The van der Waals surface area contributed by atoms with E-state index in [4.69, 9.17) is 42.7 Å². The van der Waals surface area contributed by atoms with Gasteiger partial charge >= 0.3 is 11.9 Å². The van der Waals surface area contributed by atoms with Crippen molar-refractivity contribution in [2.45, 2.75) is 24.7 Å². The topological polar surface area (TPSA) is 85.6 Å². The second-order valence-electron chi connectivity index (χ2n) is 6.08. The van der Waals surface area contributed by atoms with Gasteiger partial charge in [-0.2, -0.15) is 5.26 Å². The number of esters is 2. The van der Waals surface area contributed by atoms with Gasteiger partial charge in [-0.15, -0.1) is 0 Å². The van der Waals surface area contributed by atoms with Gasteiger partial charge in [-0.3, -0.25) is 0 Å². The summed E-state index contributed by atoms with van der Waals surface area (Å²) in [6.45, 7) is -0.155. The lowest BCUT2D eigenvalue weighted by molar-refractivity contribution is -0.0349. The highest BCUT2D eigenvalue weighted by Gasteiger charge is 2.39. The summed E-state index contributed by atoms with van der Waals surface area (Å²) >= 11 is 11.6. The van der Waals surface area contributed by atoms with Crippen molar-refractivity contribution in [1.82, 2.24) is 0 Å². The maximum absolute atomic E-state index is 12.3. The summed E-state index contributed by atoms with van der Waals surface area (Å²) in [5, 5.41) is 10.1. The van der Waals surface area contributed by atoms with E-state index in [1.54, 1.807) is 24.3 Å². The lowest BCUT2D eigenvalue weighted by atomic mass is 10.1. The summed E-state index contributed by atoms with van der Waals surface area (Å²) in [5.74, 6) is -1.14. The molecule has 6 nitrogen and oxygen atoms in total. The molecule has 2 aromatic carbocycles. The molecule has 0 N–H and O–H groups in total. The summed E-state index contributed by atoms with van der Waals surface area (Å²) in [6, 6.07) is 14.4. The molecule has 0 spiro atoms. The number of hydrogen-bond donors (Lipinski definition) is 0. The number of benzene rings is 2. The third-order valence-corrected chi connectivity index (χ3v) is 4.65. The smallest absolute Gasteiger partial charge is 0.338 e. The third-order valence-electron chi connectivity index (χ3n) is 4.14. The van der Waals surface area contributed by atoms with Crippen molar-refractivity contribution in [3.05, 3.63) is 69.7 Å². The standard InChI is InChI=1S/C20H15Cl2NO5/c21-14-5-1-12(2-6-14)19(24)26-11-18-17(9-16(10-23)27-18)28-20(25)13-3-7-15(22)8-4-13/h1-8,16-18H,9,11H2. The molecule has 1 aliphatic rings. The molecule has 0 saturated carbocycles. The van der Waals surface area contributed by atoms with Gasteiger partial charge in [0.25, 0.3) is 0 Å². The van der Waals surface area contributed by atoms with E-state index in [1.807, 2.05) is 6.07 Å². The van der Waals surface area contributed by atoms with Gasteiger partial charge in [-0.05, 0) is 48.5 Å². The van der Waals surface area contributed by atoms with Crippen LogP contribution in [0.3, 0.4) is 0 Å². The molecule has 8 heteroatoms. The Kier molecular flexibility index (Phi) is 6.53. The van der Waals surface area contributed by atoms with Gasteiger partial charge < -0.3 is 14.2 Å². The first-order valence-electron chi connectivity index (χ1n) is 8.40.